The predicted octanol–water partition coefficient (Wildman–Crippen LogP) is 19.6. The summed E-state index contributed by atoms with van der Waals surface area (Å²) in [6, 6.07) is 56.7. The standard InChI is InChI=1S/C18H16N4O5.2C18H16N4O3.C17H13ClN4O4.C16H11FN4O3/c1-26-16-6-4-12(10-17(16)27-2)20-18-19-8-7-13(21-18)11-3-5-15(23)14(9-11)22(24)25;1-11-3-5-14(9-12(11)2)20-18-19-8-7-15(21-18)13-4-6-17(23)16(10-13)22(24)25;1-11-7-12(2)9-14(8-11)20-18-19-6-5-15(21-18)13-3-4-17(23)16(10-13)22(24)25;1-26-16-5-3-11(9-12(16)18)20-17-19-7-6-13(21-17)10-2-4-15(23)14(8-10)22(24)25;17-11-2-1-3-12(9-11)19-16-18-7-6-13(20-16)10-4-5-15(22)14(8-10)21(23)24/h3-10,23H,1-2H3,(H,19,20,21);2*3-10,23H,1-2H3,(H,19,20,21);2-9,23H,1H3,(H,19,20,21);1-9,22H,(H,18,19,20). The van der Waals surface area contributed by atoms with E-state index in [4.69, 9.17) is 25.8 Å². The number of anilines is 10. The second-order valence-electron chi connectivity index (χ2n) is 26.9. The van der Waals surface area contributed by atoms with Crippen molar-refractivity contribution in [3.63, 3.8) is 0 Å². The summed E-state index contributed by atoms with van der Waals surface area (Å²) in [6.07, 6.45) is 7.68. The summed E-state index contributed by atoms with van der Waals surface area (Å²) < 4.78 is 28.8. The summed E-state index contributed by atoms with van der Waals surface area (Å²) in [7, 11) is 4.61. The van der Waals surface area contributed by atoms with E-state index in [1.54, 1.807) is 123 Å². The molecule has 0 saturated heterocycles. The van der Waals surface area contributed by atoms with Gasteiger partial charge in [-0.1, -0.05) is 29.8 Å². The Labute approximate surface area is 724 Å². The molecule has 0 spiro atoms. The monoisotopic (exact) mass is 1740 g/mol. The highest BCUT2D eigenvalue weighted by Crippen LogP contribution is 2.39. The Hall–Kier alpha value is -17.8. The number of hydrogen-bond donors (Lipinski definition) is 10. The Morgan fingerprint density at radius 2 is 0.598 bits per heavy atom. The molecule has 0 aliphatic heterocycles. The van der Waals surface area contributed by atoms with E-state index in [0.717, 1.165) is 28.1 Å². The molecule has 0 unspecified atom stereocenters. The fraction of sp³-hybridized carbons (Fsp3) is 0.0805. The number of ether oxygens (including phenoxy) is 3. The largest absolute Gasteiger partial charge is 0.502 e. The van der Waals surface area contributed by atoms with Gasteiger partial charge in [-0.15, -0.1) is 0 Å². The number of rotatable bonds is 23. The van der Waals surface area contributed by atoms with Gasteiger partial charge in [-0.25, -0.2) is 54.2 Å². The smallest absolute Gasteiger partial charge is 0.311 e. The maximum Gasteiger partial charge on any atom is 0.311 e. The lowest BCUT2D eigenvalue weighted by molar-refractivity contribution is -0.385. The minimum Gasteiger partial charge on any atom is -0.502 e. The molecule has 38 nitrogen and oxygen atoms in total. The molecule has 10 aromatic carbocycles. The van der Waals surface area contributed by atoms with Crippen LogP contribution in [0, 0.1) is 84.1 Å². The van der Waals surface area contributed by atoms with E-state index >= 15 is 0 Å². The summed E-state index contributed by atoms with van der Waals surface area (Å²) in [6.45, 7) is 8.07. The van der Waals surface area contributed by atoms with Crippen LogP contribution < -0.4 is 40.8 Å². The maximum atomic E-state index is 13.2. The van der Waals surface area contributed by atoms with Gasteiger partial charge in [-0.2, -0.15) is 0 Å². The molecule has 15 rings (SSSR count). The molecule has 0 fully saturated rings. The lowest BCUT2D eigenvalue weighted by atomic mass is 10.1. The van der Waals surface area contributed by atoms with E-state index in [-0.39, 0.29) is 34.5 Å². The third-order valence-electron chi connectivity index (χ3n) is 18.0. The molecule has 127 heavy (non-hydrogen) atoms. The average molecular weight is 1740 g/mol. The quantitative estimate of drug-likeness (QED) is 0.0210. The van der Waals surface area contributed by atoms with Crippen molar-refractivity contribution in [1.82, 2.24) is 49.8 Å². The van der Waals surface area contributed by atoms with E-state index in [1.807, 2.05) is 58.0 Å². The van der Waals surface area contributed by atoms with Gasteiger partial charge in [0.1, 0.15) is 11.6 Å². The van der Waals surface area contributed by atoms with Crippen LogP contribution in [0.25, 0.3) is 56.3 Å². The number of aryl methyl sites for hydroxylation is 4. The SMILES string of the molecule is COc1ccc(Nc2nccc(-c3ccc(O)c([N+](=O)[O-])c3)n2)cc1Cl.COc1ccc(Nc2nccc(-c3ccc(O)c([N+](=O)[O-])c3)n2)cc1OC.Cc1cc(C)cc(Nc2nccc(-c3ccc(O)c([N+](=O)[O-])c3)n2)c1.Cc1ccc(Nc2nccc(-c3ccc(O)c([N+](=O)[O-])c3)n2)cc1C.O=[N+]([O-])c1cc(-c2ccnc(Nc3cccc(F)c3)n2)ccc1O. The number of hydrogen-bond acceptors (Lipinski definition) is 33. The van der Waals surface area contributed by atoms with Crippen molar-refractivity contribution in [2.24, 2.45) is 0 Å². The first kappa shape index (κ1) is 90.0. The summed E-state index contributed by atoms with van der Waals surface area (Å²) in [4.78, 5) is 94.0. The molecule has 5 heterocycles. The molecule has 642 valence electrons. The Morgan fingerprint density at radius 3 is 0.898 bits per heavy atom. The normalized spacial score (nSPS) is 10.4. The zero-order valence-corrected chi connectivity index (χ0v) is 68.4. The second kappa shape index (κ2) is 41.5. The van der Waals surface area contributed by atoms with Crippen LogP contribution in [0.3, 0.4) is 0 Å². The Bertz CT molecular complexity index is 6610. The van der Waals surface area contributed by atoms with E-state index in [9.17, 15) is 80.5 Å². The highest BCUT2D eigenvalue weighted by atomic mass is 35.5. The Kier molecular flexibility index (Phi) is 29.4. The van der Waals surface area contributed by atoms with Gasteiger partial charge in [0.15, 0.2) is 40.2 Å². The fourth-order valence-corrected chi connectivity index (χ4v) is 12.0. The van der Waals surface area contributed by atoms with E-state index in [2.05, 4.69) is 82.5 Å². The number of nitro groups is 5. The molecule has 0 radical (unpaired) electrons. The van der Waals surface area contributed by atoms with Crippen molar-refractivity contribution in [2.75, 3.05) is 47.9 Å². The van der Waals surface area contributed by atoms with Gasteiger partial charge in [-0.3, -0.25) is 50.6 Å². The molecule has 15 aromatic rings. The number of aromatic hydroxyl groups is 5. The molecule has 10 N–H and O–H groups in total. The van der Waals surface area contributed by atoms with Crippen molar-refractivity contribution in [1.29, 1.82) is 0 Å². The minimum atomic E-state index is -0.675. The maximum absolute atomic E-state index is 13.2. The zero-order chi connectivity index (χ0) is 91.1. The molecule has 0 amide bonds. The number of nitrogens with one attached hydrogen (secondary N) is 5. The number of aromatic nitrogens is 10. The zero-order valence-electron chi connectivity index (χ0n) is 67.7. The second-order valence-corrected chi connectivity index (χ2v) is 27.3. The molecule has 5 aromatic heterocycles. The first-order valence-electron chi connectivity index (χ1n) is 37.2. The molecular weight excluding hydrogens is 1670 g/mol. The topological polar surface area (TPSA) is 534 Å². The van der Waals surface area contributed by atoms with Crippen LogP contribution >= 0.6 is 11.6 Å². The van der Waals surface area contributed by atoms with Crippen LogP contribution in [0.5, 0.6) is 46.0 Å². The van der Waals surface area contributed by atoms with Crippen LogP contribution in [0.4, 0.5) is 91.0 Å². The third-order valence-corrected chi connectivity index (χ3v) is 18.3. The lowest BCUT2D eigenvalue weighted by Gasteiger charge is -2.11. The number of phenolic OH excluding ortho intramolecular Hbond substituents is 5. The number of halogens is 2. The highest BCUT2D eigenvalue weighted by molar-refractivity contribution is 6.32. The van der Waals surface area contributed by atoms with Gasteiger partial charge in [0.05, 0.1) is 79.4 Å². The summed E-state index contributed by atoms with van der Waals surface area (Å²) in [5, 5.41) is 118. The predicted molar refractivity (Wildman–Crippen MR) is 471 cm³/mol. The molecule has 0 aliphatic rings. The van der Waals surface area contributed by atoms with Crippen LogP contribution in [0.15, 0.2) is 249 Å². The van der Waals surface area contributed by atoms with Crippen LogP contribution in [0.2, 0.25) is 5.02 Å². The third kappa shape index (κ3) is 24.3. The fourth-order valence-electron chi connectivity index (χ4n) is 11.8. The van der Waals surface area contributed by atoms with Gasteiger partial charge < -0.3 is 66.3 Å². The number of nitrogens with zero attached hydrogens (tertiary/aromatic N) is 15. The van der Waals surface area contributed by atoms with Crippen LogP contribution in [0.1, 0.15) is 22.3 Å². The summed E-state index contributed by atoms with van der Waals surface area (Å²) in [5.74, 6) is 0.887. The Morgan fingerprint density at radius 1 is 0.307 bits per heavy atom. The van der Waals surface area contributed by atoms with Crippen molar-refractivity contribution in [2.45, 2.75) is 27.7 Å². The van der Waals surface area contributed by atoms with Crippen LogP contribution in [-0.2, 0) is 0 Å². The molecule has 0 saturated carbocycles. The van der Waals surface area contributed by atoms with Gasteiger partial charge >= 0.3 is 28.4 Å². The van der Waals surface area contributed by atoms with Gasteiger partial charge in [0.25, 0.3) is 0 Å². The lowest BCUT2D eigenvalue weighted by Crippen LogP contribution is -1.99. The number of nitro benzene ring substituents is 5. The van der Waals surface area contributed by atoms with Gasteiger partial charge in [0.2, 0.25) is 29.7 Å². The molecule has 0 aliphatic carbocycles. The minimum absolute atomic E-state index is 0.217. The van der Waals surface area contributed by atoms with Crippen molar-refractivity contribution in [3.8, 4) is 102 Å². The first-order valence-corrected chi connectivity index (χ1v) is 37.6. The van der Waals surface area contributed by atoms with E-state index < -0.39 is 59.1 Å². The Balaban J connectivity index is 0.000000154. The number of benzene rings is 10. The number of phenols is 5. The summed E-state index contributed by atoms with van der Waals surface area (Å²) >= 11 is 6.09. The van der Waals surface area contributed by atoms with Crippen molar-refractivity contribution in [3.05, 3.63) is 333 Å². The van der Waals surface area contributed by atoms with Gasteiger partial charge in [-0.05, 0) is 214 Å². The van der Waals surface area contributed by atoms with Crippen molar-refractivity contribution >= 4 is 98.2 Å². The molecule has 0 atom stereocenters. The van der Waals surface area contributed by atoms with Crippen LogP contribution in [-0.4, -0.2) is 121 Å². The van der Waals surface area contributed by atoms with E-state index in [1.165, 1.54) is 117 Å². The molecule has 40 heteroatoms. The molecular formula is C87H72ClFN20O18. The van der Waals surface area contributed by atoms with Crippen molar-refractivity contribution < 1.29 is 68.8 Å². The van der Waals surface area contributed by atoms with E-state index in [0.29, 0.717) is 119 Å². The summed E-state index contributed by atoms with van der Waals surface area (Å²) in [5.41, 5.74) is 11.1. The average Bonchev–Trinajstić information content (AvgIpc) is 0.832. The van der Waals surface area contributed by atoms with Gasteiger partial charge in [0, 0.05) is 124 Å². The molecule has 0 bridgehead atoms. The number of methoxy groups -OCH3 is 3. The first-order chi connectivity index (χ1) is 60.9. The highest BCUT2D eigenvalue weighted by Gasteiger charge is 2.22.